The molecule has 2 aromatic rings. The third kappa shape index (κ3) is 3.67. The Morgan fingerprint density at radius 2 is 1.95 bits per heavy atom. The third-order valence-electron chi connectivity index (χ3n) is 3.28. The van der Waals surface area contributed by atoms with Crippen molar-refractivity contribution in [3.63, 3.8) is 0 Å². The van der Waals surface area contributed by atoms with E-state index in [-0.39, 0.29) is 22.1 Å². The van der Waals surface area contributed by atoms with Gasteiger partial charge in [-0.25, -0.2) is 4.98 Å². The van der Waals surface area contributed by atoms with E-state index >= 15 is 0 Å². The quantitative estimate of drug-likeness (QED) is 0.745. The molecule has 0 radical (unpaired) electrons. The molecule has 0 spiro atoms. The summed E-state index contributed by atoms with van der Waals surface area (Å²) in [6.45, 7) is 1.93. The van der Waals surface area contributed by atoms with E-state index in [1.54, 1.807) is 18.0 Å². The molecule has 1 unspecified atom stereocenters. The average Bonchev–Trinajstić information content (AvgIpc) is 2.47. The Morgan fingerprint density at radius 1 is 1.24 bits per heavy atom. The highest BCUT2D eigenvalue weighted by Crippen LogP contribution is 2.25. The molecule has 0 saturated heterocycles. The van der Waals surface area contributed by atoms with E-state index < -0.39 is 0 Å². The van der Waals surface area contributed by atoms with Crippen molar-refractivity contribution < 1.29 is 4.79 Å². The molecule has 0 aliphatic heterocycles. The van der Waals surface area contributed by atoms with Gasteiger partial charge in [0.2, 0.25) is 0 Å². The van der Waals surface area contributed by atoms with Crippen LogP contribution in [0.1, 0.15) is 28.9 Å². The van der Waals surface area contributed by atoms with Gasteiger partial charge in [-0.05, 0) is 30.7 Å². The second-order valence-corrected chi connectivity index (χ2v) is 5.85. The van der Waals surface area contributed by atoms with Crippen LogP contribution in [0.3, 0.4) is 0 Å². The zero-order chi connectivity index (χ0) is 15.6. The van der Waals surface area contributed by atoms with Gasteiger partial charge in [0.1, 0.15) is 5.15 Å². The molecular weight excluding hydrogens is 331 g/mol. The van der Waals surface area contributed by atoms with Crippen molar-refractivity contribution in [1.82, 2.24) is 9.88 Å². The van der Waals surface area contributed by atoms with Gasteiger partial charge in [0.25, 0.3) is 5.91 Å². The number of carbonyl (C=O) groups is 1. The van der Waals surface area contributed by atoms with Crippen LogP contribution in [0, 0.1) is 0 Å². The first-order chi connectivity index (χ1) is 9.90. The van der Waals surface area contributed by atoms with Crippen LogP contribution in [0.2, 0.25) is 15.2 Å². The van der Waals surface area contributed by atoms with Gasteiger partial charge in [0.15, 0.2) is 0 Å². The highest BCUT2D eigenvalue weighted by Gasteiger charge is 2.20. The Hall–Kier alpha value is -1.29. The largest absolute Gasteiger partial charge is 0.335 e. The predicted molar refractivity (Wildman–Crippen MR) is 86.2 cm³/mol. The Kier molecular flexibility index (Phi) is 5.09. The van der Waals surface area contributed by atoms with Gasteiger partial charge >= 0.3 is 0 Å². The van der Waals surface area contributed by atoms with Gasteiger partial charge < -0.3 is 4.90 Å². The summed E-state index contributed by atoms with van der Waals surface area (Å²) in [5.74, 6) is -0.187. The topological polar surface area (TPSA) is 33.2 Å². The minimum Gasteiger partial charge on any atom is -0.335 e. The minimum absolute atomic E-state index is 0.134. The number of amides is 1. The number of nitrogens with zero attached hydrogens (tertiary/aromatic N) is 2. The van der Waals surface area contributed by atoms with Gasteiger partial charge in [-0.2, -0.15) is 0 Å². The molecule has 2 rings (SSSR count). The predicted octanol–water partition coefficient (Wildman–Crippen LogP) is 4.88. The lowest BCUT2D eigenvalue weighted by Gasteiger charge is -2.25. The summed E-state index contributed by atoms with van der Waals surface area (Å²) in [4.78, 5) is 18.0. The van der Waals surface area contributed by atoms with Gasteiger partial charge in [-0.15, -0.1) is 0 Å². The lowest BCUT2D eigenvalue weighted by atomic mass is 10.1. The average molecular weight is 344 g/mol. The Morgan fingerprint density at radius 3 is 2.57 bits per heavy atom. The second kappa shape index (κ2) is 6.65. The van der Waals surface area contributed by atoms with Crippen LogP contribution in [0.15, 0.2) is 36.5 Å². The molecule has 6 heteroatoms. The lowest BCUT2D eigenvalue weighted by Crippen LogP contribution is -2.29. The molecule has 110 valence electrons. The van der Waals surface area contributed by atoms with E-state index in [1.807, 2.05) is 25.1 Å². The number of halogens is 3. The summed E-state index contributed by atoms with van der Waals surface area (Å²) < 4.78 is 0. The van der Waals surface area contributed by atoms with Crippen LogP contribution in [0.4, 0.5) is 0 Å². The Balaban J connectivity index is 2.24. The molecular formula is C15H13Cl3N2O. The van der Waals surface area contributed by atoms with Crippen LogP contribution < -0.4 is 0 Å². The van der Waals surface area contributed by atoms with Crippen molar-refractivity contribution in [3.8, 4) is 0 Å². The van der Waals surface area contributed by atoms with E-state index in [4.69, 9.17) is 34.8 Å². The van der Waals surface area contributed by atoms with Gasteiger partial charge in [0.05, 0.1) is 16.6 Å². The first-order valence-electron chi connectivity index (χ1n) is 6.24. The van der Waals surface area contributed by atoms with Gasteiger partial charge in [-0.3, -0.25) is 4.79 Å². The molecule has 1 amide bonds. The van der Waals surface area contributed by atoms with E-state index in [0.717, 1.165) is 5.56 Å². The van der Waals surface area contributed by atoms with Crippen LogP contribution >= 0.6 is 34.8 Å². The van der Waals surface area contributed by atoms with Crippen LogP contribution in [-0.4, -0.2) is 22.8 Å². The number of benzene rings is 1. The van der Waals surface area contributed by atoms with Gasteiger partial charge in [-0.1, -0.05) is 46.9 Å². The standard InChI is InChI=1S/C15H13Cl3N2O/c1-9(10-4-3-5-12(16)6-10)20(2)15(21)11-7-13(17)14(18)19-8-11/h3-9H,1-2H3. The molecule has 1 heterocycles. The van der Waals surface area contributed by atoms with Crippen LogP contribution in [0.25, 0.3) is 0 Å². The van der Waals surface area contributed by atoms with E-state index in [2.05, 4.69) is 4.98 Å². The van der Waals surface area contributed by atoms with Crippen molar-refractivity contribution in [1.29, 1.82) is 0 Å². The SMILES string of the molecule is CC(c1cccc(Cl)c1)N(C)C(=O)c1cnc(Cl)c(Cl)c1. The molecule has 0 bridgehead atoms. The summed E-state index contributed by atoms with van der Waals surface area (Å²) >= 11 is 17.6. The normalized spacial score (nSPS) is 12.0. The molecule has 0 aliphatic rings. The van der Waals surface area contributed by atoms with Crippen LogP contribution in [0.5, 0.6) is 0 Å². The van der Waals surface area contributed by atoms with E-state index in [1.165, 1.54) is 12.3 Å². The summed E-state index contributed by atoms with van der Waals surface area (Å²) in [6.07, 6.45) is 1.41. The maximum absolute atomic E-state index is 12.5. The maximum atomic E-state index is 12.5. The first kappa shape index (κ1) is 16.1. The highest BCUT2D eigenvalue weighted by atomic mass is 35.5. The Bertz CT molecular complexity index is 676. The number of hydrogen-bond acceptors (Lipinski definition) is 2. The Labute approximate surface area is 138 Å². The molecule has 0 fully saturated rings. The lowest BCUT2D eigenvalue weighted by molar-refractivity contribution is 0.0742. The van der Waals surface area contributed by atoms with Gasteiger partial charge in [0, 0.05) is 18.3 Å². The zero-order valence-corrected chi connectivity index (χ0v) is 13.7. The number of rotatable bonds is 3. The van der Waals surface area contributed by atoms with E-state index in [0.29, 0.717) is 10.6 Å². The molecule has 0 N–H and O–H groups in total. The van der Waals surface area contributed by atoms with Crippen molar-refractivity contribution in [2.24, 2.45) is 0 Å². The monoisotopic (exact) mass is 342 g/mol. The fraction of sp³-hybridized carbons (Fsp3) is 0.200. The summed E-state index contributed by atoms with van der Waals surface area (Å²) in [5.41, 5.74) is 1.34. The highest BCUT2D eigenvalue weighted by molar-refractivity contribution is 6.41. The van der Waals surface area contributed by atoms with E-state index in [9.17, 15) is 4.79 Å². The molecule has 1 aromatic heterocycles. The smallest absolute Gasteiger partial charge is 0.255 e. The summed E-state index contributed by atoms with van der Waals surface area (Å²) in [6, 6.07) is 8.79. The molecule has 21 heavy (non-hydrogen) atoms. The molecule has 3 nitrogen and oxygen atoms in total. The number of carbonyl (C=O) groups excluding carboxylic acids is 1. The first-order valence-corrected chi connectivity index (χ1v) is 7.37. The summed E-state index contributed by atoms with van der Waals surface area (Å²) in [5, 5.41) is 1.07. The number of hydrogen-bond donors (Lipinski definition) is 0. The number of aromatic nitrogens is 1. The number of pyridine rings is 1. The second-order valence-electron chi connectivity index (χ2n) is 4.64. The fourth-order valence-corrected chi connectivity index (χ4v) is 2.38. The molecule has 0 aliphatic carbocycles. The molecule has 1 aromatic carbocycles. The van der Waals surface area contributed by atoms with Crippen molar-refractivity contribution in [3.05, 3.63) is 62.9 Å². The maximum Gasteiger partial charge on any atom is 0.255 e. The van der Waals surface area contributed by atoms with Crippen LogP contribution in [-0.2, 0) is 0 Å². The van der Waals surface area contributed by atoms with Crippen molar-refractivity contribution in [2.75, 3.05) is 7.05 Å². The minimum atomic E-state index is -0.187. The van der Waals surface area contributed by atoms with Crippen molar-refractivity contribution in [2.45, 2.75) is 13.0 Å². The third-order valence-corrected chi connectivity index (χ3v) is 4.20. The summed E-state index contributed by atoms with van der Waals surface area (Å²) in [7, 11) is 1.72. The fourth-order valence-electron chi connectivity index (χ4n) is 1.91. The zero-order valence-electron chi connectivity index (χ0n) is 11.5. The molecule has 1 atom stereocenters. The van der Waals surface area contributed by atoms with Crippen molar-refractivity contribution >= 4 is 40.7 Å². The molecule has 0 saturated carbocycles.